The van der Waals surface area contributed by atoms with Crippen LogP contribution < -0.4 is 10.6 Å². The van der Waals surface area contributed by atoms with Gasteiger partial charge in [-0.15, -0.1) is 16.8 Å². The number of anilines is 1. The molecule has 0 radical (unpaired) electrons. The van der Waals surface area contributed by atoms with Crippen LogP contribution in [0.5, 0.6) is 0 Å². The second kappa shape index (κ2) is 14.0. The minimum atomic E-state index is -0.454. The second-order valence-corrected chi connectivity index (χ2v) is 8.86. The Kier molecular flexibility index (Phi) is 10.5. The topological polar surface area (TPSA) is 115 Å². The molecule has 0 spiro atoms. The van der Waals surface area contributed by atoms with Crippen LogP contribution in [0.1, 0.15) is 28.7 Å². The summed E-state index contributed by atoms with van der Waals surface area (Å²) in [5.74, 6) is -0.467. The molecule has 0 bridgehead atoms. The molecule has 2 amide bonds. The van der Waals surface area contributed by atoms with Crippen molar-refractivity contribution in [1.29, 1.82) is 0 Å². The third kappa shape index (κ3) is 8.33. The smallest absolute Gasteiger partial charge is 0.338 e. The van der Waals surface area contributed by atoms with Crippen LogP contribution >= 0.6 is 23.4 Å². The van der Waals surface area contributed by atoms with Crippen molar-refractivity contribution in [2.75, 3.05) is 17.7 Å². The Labute approximate surface area is 223 Å². The monoisotopic (exact) mass is 539 g/mol. The molecule has 0 saturated carbocycles. The van der Waals surface area contributed by atoms with Gasteiger partial charge in [0, 0.05) is 23.3 Å². The van der Waals surface area contributed by atoms with Crippen molar-refractivity contribution in [1.82, 2.24) is 20.1 Å². The Morgan fingerprint density at radius 1 is 1.16 bits per heavy atom. The number of carbonyl (C=O) groups is 3. The Bertz CT molecular complexity index is 1310. The summed E-state index contributed by atoms with van der Waals surface area (Å²) in [7, 11) is 0. The van der Waals surface area contributed by atoms with Crippen molar-refractivity contribution < 1.29 is 19.1 Å². The first kappa shape index (κ1) is 27.7. The van der Waals surface area contributed by atoms with Gasteiger partial charge in [0.15, 0.2) is 11.0 Å². The molecule has 1 heterocycles. The first-order chi connectivity index (χ1) is 17.9. The summed E-state index contributed by atoms with van der Waals surface area (Å²) < 4.78 is 6.76. The highest BCUT2D eigenvalue weighted by Crippen LogP contribution is 2.19. The van der Waals surface area contributed by atoms with Gasteiger partial charge in [-0.3, -0.25) is 9.59 Å². The zero-order valence-electron chi connectivity index (χ0n) is 20.1. The molecule has 3 rings (SSSR count). The molecule has 0 aliphatic rings. The van der Waals surface area contributed by atoms with E-state index in [1.165, 1.54) is 17.8 Å². The molecule has 0 aliphatic heterocycles. The molecule has 9 nitrogen and oxygen atoms in total. The number of esters is 1. The van der Waals surface area contributed by atoms with Crippen LogP contribution in [0.25, 0.3) is 6.08 Å². The third-order valence-corrected chi connectivity index (χ3v) is 6.15. The van der Waals surface area contributed by atoms with E-state index < -0.39 is 5.97 Å². The molecule has 37 heavy (non-hydrogen) atoms. The lowest BCUT2D eigenvalue weighted by molar-refractivity contribution is -0.116. The number of halogens is 1. The summed E-state index contributed by atoms with van der Waals surface area (Å²) in [6, 6.07) is 13.7. The summed E-state index contributed by atoms with van der Waals surface area (Å²) in [5.41, 5.74) is 1.57. The van der Waals surface area contributed by atoms with Crippen molar-refractivity contribution in [3.63, 3.8) is 0 Å². The summed E-state index contributed by atoms with van der Waals surface area (Å²) in [5, 5.41) is 14.9. The van der Waals surface area contributed by atoms with Gasteiger partial charge >= 0.3 is 5.97 Å². The van der Waals surface area contributed by atoms with E-state index in [2.05, 4.69) is 27.4 Å². The molecule has 1 aromatic heterocycles. The van der Waals surface area contributed by atoms with E-state index in [0.29, 0.717) is 33.8 Å². The highest BCUT2D eigenvalue weighted by Gasteiger charge is 2.15. The average Bonchev–Trinajstić information content (AvgIpc) is 3.27. The first-order valence-electron chi connectivity index (χ1n) is 11.3. The maximum absolute atomic E-state index is 12.5. The predicted molar refractivity (Wildman–Crippen MR) is 144 cm³/mol. The second-order valence-electron chi connectivity index (χ2n) is 7.51. The molecule has 0 saturated heterocycles. The SMILES string of the molecule is C=CCn1c(CNC(=O)/C=C/c2ccccc2Cl)nnc1SCC(=O)Nc1cccc(C(=O)OCC)c1. The van der Waals surface area contributed by atoms with Crippen molar-refractivity contribution in [2.24, 2.45) is 0 Å². The standard InChI is InChI=1S/C26H26ClN5O4S/c1-3-14-32-22(16-28-23(33)13-12-18-8-5-6-11-21(18)27)30-31-26(32)37-17-24(34)29-20-10-7-9-19(15-20)25(35)36-4-2/h3,5-13,15H,1,4,14,16-17H2,2H3,(H,28,33)(H,29,34)/b13-12+. The largest absolute Gasteiger partial charge is 0.462 e. The number of carbonyl (C=O) groups excluding carboxylic acids is 3. The zero-order valence-corrected chi connectivity index (χ0v) is 21.7. The number of aromatic nitrogens is 3. The molecule has 2 N–H and O–H groups in total. The van der Waals surface area contributed by atoms with Gasteiger partial charge in [0.1, 0.15) is 0 Å². The highest BCUT2D eigenvalue weighted by atomic mass is 35.5. The van der Waals surface area contributed by atoms with E-state index in [1.54, 1.807) is 54.0 Å². The first-order valence-corrected chi connectivity index (χ1v) is 12.7. The number of allylic oxidation sites excluding steroid dienone is 1. The number of hydrogen-bond acceptors (Lipinski definition) is 7. The van der Waals surface area contributed by atoms with E-state index in [0.717, 1.165) is 5.56 Å². The molecular formula is C26H26ClN5O4S. The number of thioether (sulfide) groups is 1. The average molecular weight is 540 g/mol. The Morgan fingerprint density at radius 3 is 2.73 bits per heavy atom. The molecule has 192 valence electrons. The summed E-state index contributed by atoms with van der Waals surface area (Å²) in [6.45, 7) is 6.29. The lowest BCUT2D eigenvalue weighted by Gasteiger charge is -2.09. The number of nitrogens with one attached hydrogen (secondary N) is 2. The van der Waals surface area contributed by atoms with Crippen molar-refractivity contribution in [2.45, 2.75) is 25.2 Å². The molecular weight excluding hydrogens is 514 g/mol. The van der Waals surface area contributed by atoms with Crippen LogP contribution in [0.4, 0.5) is 5.69 Å². The Balaban J connectivity index is 1.57. The number of rotatable bonds is 12. The van der Waals surface area contributed by atoms with Crippen LogP contribution in [0, 0.1) is 0 Å². The summed E-state index contributed by atoms with van der Waals surface area (Å²) >= 11 is 7.30. The zero-order chi connectivity index (χ0) is 26.6. The van der Waals surface area contributed by atoms with E-state index in [9.17, 15) is 14.4 Å². The van der Waals surface area contributed by atoms with Gasteiger partial charge in [-0.1, -0.05) is 53.7 Å². The molecule has 0 atom stereocenters. The van der Waals surface area contributed by atoms with Crippen LogP contribution in [-0.4, -0.2) is 44.9 Å². The number of hydrogen-bond donors (Lipinski definition) is 2. The highest BCUT2D eigenvalue weighted by molar-refractivity contribution is 7.99. The van der Waals surface area contributed by atoms with Gasteiger partial charge in [0.2, 0.25) is 11.8 Å². The van der Waals surface area contributed by atoms with Gasteiger partial charge in [-0.2, -0.15) is 0 Å². The van der Waals surface area contributed by atoms with E-state index in [1.807, 2.05) is 18.2 Å². The molecule has 3 aromatic rings. The number of amides is 2. The van der Waals surface area contributed by atoms with E-state index in [-0.39, 0.29) is 30.7 Å². The van der Waals surface area contributed by atoms with Crippen molar-refractivity contribution in [3.05, 3.63) is 89.2 Å². The van der Waals surface area contributed by atoms with E-state index in [4.69, 9.17) is 16.3 Å². The fraction of sp³-hybridized carbons (Fsp3) is 0.192. The van der Waals surface area contributed by atoms with Crippen molar-refractivity contribution >= 4 is 52.9 Å². The van der Waals surface area contributed by atoms with Crippen LogP contribution in [0.3, 0.4) is 0 Å². The quantitative estimate of drug-likeness (QED) is 0.152. The predicted octanol–water partition coefficient (Wildman–Crippen LogP) is 4.35. The minimum Gasteiger partial charge on any atom is -0.462 e. The number of benzene rings is 2. The van der Waals surface area contributed by atoms with Gasteiger partial charge < -0.3 is 19.9 Å². The molecule has 0 aliphatic carbocycles. The number of nitrogens with zero attached hydrogens (tertiary/aromatic N) is 3. The maximum Gasteiger partial charge on any atom is 0.338 e. The maximum atomic E-state index is 12.5. The number of ether oxygens (including phenoxy) is 1. The lowest BCUT2D eigenvalue weighted by atomic mass is 10.2. The van der Waals surface area contributed by atoms with Gasteiger partial charge in [0.05, 0.1) is 24.5 Å². The van der Waals surface area contributed by atoms with Crippen molar-refractivity contribution in [3.8, 4) is 0 Å². The Morgan fingerprint density at radius 2 is 1.97 bits per heavy atom. The molecule has 0 fully saturated rings. The molecule has 0 unspecified atom stereocenters. The normalized spacial score (nSPS) is 10.8. The summed E-state index contributed by atoms with van der Waals surface area (Å²) in [4.78, 5) is 36.7. The van der Waals surface area contributed by atoms with Gasteiger partial charge in [0.25, 0.3) is 0 Å². The Hall–Kier alpha value is -3.89. The lowest BCUT2D eigenvalue weighted by Crippen LogP contribution is -2.23. The van der Waals surface area contributed by atoms with Gasteiger partial charge in [-0.05, 0) is 42.8 Å². The van der Waals surface area contributed by atoms with Crippen LogP contribution in [0.2, 0.25) is 5.02 Å². The minimum absolute atomic E-state index is 0.0614. The third-order valence-electron chi connectivity index (χ3n) is 4.84. The molecule has 2 aromatic carbocycles. The fourth-order valence-corrected chi connectivity index (χ4v) is 4.10. The summed E-state index contributed by atoms with van der Waals surface area (Å²) in [6.07, 6.45) is 4.71. The molecule has 11 heteroatoms. The van der Waals surface area contributed by atoms with Crippen LogP contribution in [-0.2, 0) is 27.4 Å². The fourth-order valence-electron chi connectivity index (χ4n) is 3.14. The van der Waals surface area contributed by atoms with Gasteiger partial charge in [-0.25, -0.2) is 4.79 Å². The van der Waals surface area contributed by atoms with E-state index >= 15 is 0 Å². The van der Waals surface area contributed by atoms with Crippen LogP contribution in [0.15, 0.2) is 72.4 Å².